The third-order valence-corrected chi connectivity index (χ3v) is 8.53. The lowest BCUT2D eigenvalue weighted by Gasteiger charge is -2.37. The van der Waals surface area contributed by atoms with Gasteiger partial charge < -0.3 is 34.0 Å². The van der Waals surface area contributed by atoms with Crippen molar-refractivity contribution in [1.82, 2.24) is 19.1 Å². The Hall–Kier alpha value is -1.66. The normalized spacial score (nSPS) is 29.5. The van der Waals surface area contributed by atoms with Gasteiger partial charge >= 0.3 is 7.60 Å². The molecule has 0 spiro atoms. The van der Waals surface area contributed by atoms with E-state index in [0.717, 1.165) is 0 Å². The van der Waals surface area contributed by atoms with Crippen molar-refractivity contribution in [2.24, 2.45) is 7.05 Å². The Morgan fingerprint density at radius 2 is 1.88 bits per heavy atom. The van der Waals surface area contributed by atoms with Gasteiger partial charge in [0.05, 0.1) is 24.4 Å². The summed E-state index contributed by atoms with van der Waals surface area (Å²) >= 11 is 0. The molecule has 0 amide bonds. The first-order valence-corrected chi connectivity index (χ1v) is 12.0. The summed E-state index contributed by atoms with van der Waals surface area (Å²) in [7, 11) is -2.76. The minimum Gasteiger partial charge on any atom is -0.388 e. The zero-order valence-electron chi connectivity index (χ0n) is 18.8. The van der Waals surface area contributed by atoms with Gasteiger partial charge in [-0.25, -0.2) is 9.97 Å². The molecule has 180 valence electrons. The molecule has 0 aliphatic carbocycles. The lowest BCUT2D eigenvalue weighted by molar-refractivity contribution is -0.0689. The molecule has 7 atom stereocenters. The van der Waals surface area contributed by atoms with E-state index < -0.39 is 43.1 Å². The second-order valence-corrected chi connectivity index (χ2v) is 11.0. The maximum Gasteiger partial charge on any atom is 0.359 e. The Morgan fingerprint density at radius 3 is 2.47 bits per heavy atom. The Labute approximate surface area is 185 Å². The van der Waals surface area contributed by atoms with Crippen LogP contribution in [-0.2, 0) is 20.9 Å². The third kappa shape index (κ3) is 4.28. The van der Waals surface area contributed by atoms with Crippen LogP contribution in [0.15, 0.2) is 12.7 Å². The topological polar surface area (TPSA) is 176 Å². The van der Waals surface area contributed by atoms with Gasteiger partial charge in [-0.05, 0) is 26.7 Å². The molecule has 2 aromatic heterocycles. The number of aryl methyl sites for hydroxylation is 1. The van der Waals surface area contributed by atoms with Crippen molar-refractivity contribution in [1.29, 1.82) is 5.41 Å². The molecule has 1 fully saturated rings. The number of imidazole rings is 1. The van der Waals surface area contributed by atoms with Crippen LogP contribution in [0, 0.1) is 5.41 Å². The average Bonchev–Trinajstić information content (AvgIpc) is 3.27. The number of ether oxygens (including phenoxy) is 1. The first kappa shape index (κ1) is 25.0. The summed E-state index contributed by atoms with van der Waals surface area (Å²) in [5.41, 5.74) is -0.458. The van der Waals surface area contributed by atoms with Crippen molar-refractivity contribution in [2.45, 2.75) is 82.4 Å². The molecule has 0 saturated carbocycles. The minimum atomic E-state index is -4.42. The fourth-order valence-electron chi connectivity index (χ4n) is 3.60. The molecule has 0 bridgehead atoms. The molecule has 3 heterocycles. The lowest BCUT2D eigenvalue weighted by Crippen LogP contribution is -2.40. The van der Waals surface area contributed by atoms with Crippen molar-refractivity contribution in [3.8, 4) is 0 Å². The summed E-state index contributed by atoms with van der Waals surface area (Å²) in [6.45, 7) is 6.16. The van der Waals surface area contributed by atoms with Crippen LogP contribution >= 0.6 is 7.60 Å². The van der Waals surface area contributed by atoms with Crippen LogP contribution in [0.3, 0.4) is 0 Å². The van der Waals surface area contributed by atoms with E-state index in [9.17, 15) is 24.8 Å². The van der Waals surface area contributed by atoms with E-state index in [-0.39, 0.29) is 18.3 Å². The van der Waals surface area contributed by atoms with E-state index >= 15 is 0 Å². The maximum atomic E-state index is 12.7. The molecule has 0 radical (unpaired) electrons. The molecule has 3 rings (SSSR count). The molecule has 5 N–H and O–H groups in total. The van der Waals surface area contributed by atoms with Crippen LogP contribution in [0.1, 0.15) is 53.2 Å². The van der Waals surface area contributed by atoms with E-state index in [1.165, 1.54) is 28.7 Å². The van der Waals surface area contributed by atoms with E-state index in [1.54, 1.807) is 27.8 Å². The molecule has 13 heteroatoms. The molecule has 1 saturated heterocycles. The van der Waals surface area contributed by atoms with Gasteiger partial charge in [0, 0.05) is 13.5 Å². The van der Waals surface area contributed by atoms with E-state index in [1.807, 2.05) is 0 Å². The largest absolute Gasteiger partial charge is 0.388 e. The van der Waals surface area contributed by atoms with Crippen LogP contribution in [0.2, 0.25) is 0 Å². The Balaban J connectivity index is 1.85. The van der Waals surface area contributed by atoms with Crippen LogP contribution in [0.25, 0.3) is 11.2 Å². The predicted molar refractivity (Wildman–Crippen MR) is 113 cm³/mol. The number of hydrogen-bond donors (Lipinski definition) is 5. The summed E-state index contributed by atoms with van der Waals surface area (Å²) in [4.78, 5) is 18.8. The maximum absolute atomic E-state index is 12.7. The van der Waals surface area contributed by atoms with Gasteiger partial charge in [0.25, 0.3) is 0 Å². The smallest absolute Gasteiger partial charge is 0.359 e. The summed E-state index contributed by atoms with van der Waals surface area (Å²) in [6, 6.07) is 0. The Bertz CT molecular complexity index is 1090. The number of nitrogens with zero attached hydrogens (tertiary/aromatic N) is 4. The van der Waals surface area contributed by atoms with E-state index in [0.29, 0.717) is 17.6 Å². The highest BCUT2D eigenvalue weighted by Crippen LogP contribution is 2.59. The van der Waals surface area contributed by atoms with Crippen molar-refractivity contribution in [3.05, 3.63) is 18.1 Å². The molecular weight excluding hydrogens is 441 g/mol. The highest BCUT2D eigenvalue weighted by Gasteiger charge is 2.50. The summed E-state index contributed by atoms with van der Waals surface area (Å²) < 4.78 is 27.1. The van der Waals surface area contributed by atoms with Gasteiger partial charge in [0.15, 0.2) is 22.7 Å². The van der Waals surface area contributed by atoms with Gasteiger partial charge in [-0.15, -0.1) is 0 Å². The quantitative estimate of drug-likeness (QED) is 0.346. The molecule has 12 nitrogen and oxygen atoms in total. The standard InChI is InChI=1S/C19H32N5O7P/c1-6-18(3,31-32(28,29)19(4,27)7-2)8-11-13(25)14(26)17(30-11)24-10-21-12-15(20)23(5)9-22-16(12)24/h9-11,13-14,17,20,25-27H,6-8H2,1-5H3,(H,28,29). The number of aliphatic hydroxyl groups is 3. The second kappa shape index (κ2) is 8.60. The fraction of sp³-hybridized carbons (Fsp3) is 0.737. The molecule has 32 heavy (non-hydrogen) atoms. The van der Waals surface area contributed by atoms with Crippen LogP contribution < -0.4 is 5.49 Å². The first-order valence-electron chi connectivity index (χ1n) is 10.5. The summed E-state index contributed by atoms with van der Waals surface area (Å²) in [5, 5.41) is 37.8. The second-order valence-electron chi connectivity index (χ2n) is 8.76. The molecule has 1 aliphatic heterocycles. The van der Waals surface area contributed by atoms with Gasteiger partial charge in [-0.1, -0.05) is 13.8 Å². The average molecular weight is 473 g/mol. The first-order chi connectivity index (χ1) is 14.8. The highest BCUT2D eigenvalue weighted by molar-refractivity contribution is 7.54. The van der Waals surface area contributed by atoms with Gasteiger partial charge in [0.2, 0.25) is 0 Å². The van der Waals surface area contributed by atoms with E-state index in [4.69, 9.17) is 14.7 Å². The number of rotatable bonds is 8. The van der Waals surface area contributed by atoms with Crippen molar-refractivity contribution in [3.63, 3.8) is 0 Å². The molecular formula is C19H32N5O7P. The molecule has 1 aliphatic rings. The van der Waals surface area contributed by atoms with Gasteiger partial charge in [0.1, 0.15) is 17.7 Å². The number of fused-ring (bicyclic) bond motifs is 1. The van der Waals surface area contributed by atoms with Crippen molar-refractivity contribution in [2.75, 3.05) is 0 Å². The van der Waals surface area contributed by atoms with E-state index in [2.05, 4.69) is 9.97 Å². The fourth-order valence-corrected chi connectivity index (χ4v) is 5.00. The summed E-state index contributed by atoms with van der Waals surface area (Å²) in [5.74, 6) is 0. The Morgan fingerprint density at radius 1 is 1.22 bits per heavy atom. The highest BCUT2D eigenvalue weighted by atomic mass is 31.2. The number of hydrogen-bond acceptors (Lipinski definition) is 9. The minimum absolute atomic E-state index is 0.0126. The van der Waals surface area contributed by atoms with Gasteiger partial charge in [-0.2, -0.15) is 0 Å². The van der Waals surface area contributed by atoms with Crippen LogP contribution in [0.5, 0.6) is 0 Å². The number of aliphatic hydroxyl groups excluding tert-OH is 2. The Kier molecular flexibility index (Phi) is 6.71. The SMILES string of the molecule is CCC(C)(CC1OC(n2cnc3c(=N)n(C)cnc32)C(O)C1O)OP(=O)(O)C(C)(O)CC. The zero-order valence-corrected chi connectivity index (χ0v) is 19.7. The van der Waals surface area contributed by atoms with Gasteiger partial charge in [-0.3, -0.25) is 14.5 Å². The molecule has 0 aromatic carbocycles. The van der Waals surface area contributed by atoms with Crippen LogP contribution in [-0.4, -0.2) is 68.6 Å². The molecule has 7 unspecified atom stereocenters. The third-order valence-electron chi connectivity index (χ3n) is 6.31. The number of aromatic nitrogens is 4. The van der Waals surface area contributed by atoms with Crippen molar-refractivity contribution >= 4 is 18.8 Å². The van der Waals surface area contributed by atoms with Crippen LogP contribution in [0.4, 0.5) is 0 Å². The molecule has 2 aromatic rings. The number of nitrogens with one attached hydrogen (secondary N) is 1. The lowest BCUT2D eigenvalue weighted by atomic mass is 9.93. The monoisotopic (exact) mass is 473 g/mol. The zero-order chi connectivity index (χ0) is 24.1. The van der Waals surface area contributed by atoms with Crippen molar-refractivity contribution < 1.29 is 34.0 Å². The predicted octanol–water partition coefficient (Wildman–Crippen LogP) is 0.748. The summed E-state index contributed by atoms with van der Waals surface area (Å²) in [6.07, 6.45) is -1.48.